The van der Waals surface area contributed by atoms with Gasteiger partial charge in [-0.25, -0.2) is 0 Å². The lowest BCUT2D eigenvalue weighted by atomic mass is 10.2. The predicted octanol–water partition coefficient (Wildman–Crippen LogP) is 0.185. The number of likely N-dealkylation sites (N-methyl/N-ethyl adjacent to an activating group) is 2. The maximum absolute atomic E-state index is 11.4. The van der Waals surface area contributed by atoms with Crippen LogP contribution in [0.5, 0.6) is 0 Å². The van der Waals surface area contributed by atoms with Crippen LogP contribution in [0.4, 0.5) is 0 Å². The quantitative estimate of drug-likeness (QED) is 0.649. The second-order valence-corrected chi connectivity index (χ2v) is 4.12. The summed E-state index contributed by atoms with van der Waals surface area (Å²) in [5, 5.41) is 0. The van der Waals surface area contributed by atoms with Crippen molar-refractivity contribution in [2.45, 2.75) is 18.9 Å². The van der Waals surface area contributed by atoms with Crippen molar-refractivity contribution in [1.82, 2.24) is 9.80 Å². The molecule has 1 rings (SSSR count). The highest BCUT2D eigenvalue weighted by molar-refractivity contribution is 5.77. The van der Waals surface area contributed by atoms with Crippen molar-refractivity contribution < 1.29 is 9.53 Å². The average Bonchev–Trinajstić information content (AvgIpc) is 2.56. The third-order valence-electron chi connectivity index (χ3n) is 2.44. The molecule has 1 aliphatic rings. The van der Waals surface area contributed by atoms with Gasteiger partial charge in [-0.1, -0.05) is 0 Å². The summed E-state index contributed by atoms with van der Waals surface area (Å²) in [6.07, 6.45) is 2.61. The van der Waals surface area contributed by atoms with Crippen LogP contribution < -0.4 is 0 Å². The predicted molar refractivity (Wildman–Crippen MR) is 55.2 cm³/mol. The fourth-order valence-corrected chi connectivity index (χ4v) is 1.57. The Morgan fingerprint density at radius 3 is 2.64 bits per heavy atom. The van der Waals surface area contributed by atoms with E-state index >= 15 is 0 Å². The fraction of sp³-hybridized carbons (Fsp3) is 0.900. The lowest BCUT2D eigenvalue weighted by Gasteiger charge is -2.21. The van der Waals surface area contributed by atoms with E-state index in [0.29, 0.717) is 12.6 Å². The minimum atomic E-state index is 0.144. The number of carbonyl (C=O) groups excluding carboxylic acids is 1. The number of carbonyl (C=O) groups is 1. The lowest BCUT2D eigenvalue weighted by Crippen LogP contribution is -2.37. The summed E-state index contributed by atoms with van der Waals surface area (Å²) in [4.78, 5) is 15.0. The number of hydrogen-bond donors (Lipinski definition) is 0. The fourth-order valence-electron chi connectivity index (χ4n) is 1.57. The molecule has 1 heterocycles. The minimum absolute atomic E-state index is 0.144. The Hall–Kier alpha value is -0.610. The summed E-state index contributed by atoms with van der Waals surface area (Å²) in [7, 11) is 5.52. The highest BCUT2D eigenvalue weighted by Crippen LogP contribution is 2.12. The maximum Gasteiger partial charge on any atom is 0.236 e. The molecule has 1 unspecified atom stereocenters. The molecule has 14 heavy (non-hydrogen) atoms. The summed E-state index contributed by atoms with van der Waals surface area (Å²) in [6.45, 7) is 2.21. The molecule has 1 atom stereocenters. The molecule has 0 saturated carbocycles. The molecule has 1 saturated heterocycles. The Kier molecular flexibility index (Phi) is 4.35. The van der Waals surface area contributed by atoms with Gasteiger partial charge in [-0.15, -0.1) is 0 Å². The van der Waals surface area contributed by atoms with E-state index in [1.807, 2.05) is 11.9 Å². The van der Waals surface area contributed by atoms with E-state index < -0.39 is 0 Å². The molecule has 0 aromatic carbocycles. The van der Waals surface area contributed by atoms with Crippen molar-refractivity contribution in [3.63, 3.8) is 0 Å². The van der Waals surface area contributed by atoms with Crippen molar-refractivity contribution in [2.24, 2.45) is 0 Å². The largest absolute Gasteiger partial charge is 0.377 e. The molecule has 4 heteroatoms. The topological polar surface area (TPSA) is 32.8 Å². The number of rotatable bonds is 4. The monoisotopic (exact) mass is 200 g/mol. The Morgan fingerprint density at radius 1 is 1.43 bits per heavy atom. The van der Waals surface area contributed by atoms with Gasteiger partial charge in [0.05, 0.1) is 12.6 Å². The standard InChI is InChI=1S/C10H20N2O2/c1-11(2)10(13)8-12(3)7-9-5-4-6-14-9/h9H,4-8H2,1-3H3. The van der Waals surface area contributed by atoms with E-state index in [-0.39, 0.29) is 5.91 Å². The van der Waals surface area contributed by atoms with Crippen LogP contribution in [0.25, 0.3) is 0 Å². The molecule has 0 aromatic heterocycles. The molecule has 0 N–H and O–H groups in total. The molecular formula is C10H20N2O2. The molecule has 82 valence electrons. The maximum atomic E-state index is 11.4. The second kappa shape index (κ2) is 5.32. The van der Waals surface area contributed by atoms with Gasteiger partial charge in [-0.05, 0) is 19.9 Å². The van der Waals surface area contributed by atoms with Gasteiger partial charge in [0.15, 0.2) is 0 Å². The number of nitrogens with zero attached hydrogens (tertiary/aromatic N) is 2. The first-order valence-electron chi connectivity index (χ1n) is 5.10. The third kappa shape index (κ3) is 3.64. The first-order chi connectivity index (χ1) is 6.59. The molecule has 4 nitrogen and oxygen atoms in total. The molecule has 0 spiro atoms. The van der Waals surface area contributed by atoms with Crippen LogP contribution in [0.2, 0.25) is 0 Å². The van der Waals surface area contributed by atoms with Crippen LogP contribution in [0.1, 0.15) is 12.8 Å². The van der Waals surface area contributed by atoms with Crippen LogP contribution in [-0.4, -0.2) is 62.7 Å². The summed E-state index contributed by atoms with van der Waals surface area (Å²) in [5.41, 5.74) is 0. The van der Waals surface area contributed by atoms with E-state index in [1.165, 1.54) is 0 Å². The molecule has 0 radical (unpaired) electrons. The highest BCUT2D eigenvalue weighted by Gasteiger charge is 2.18. The van der Waals surface area contributed by atoms with Gasteiger partial charge in [0, 0.05) is 27.2 Å². The zero-order valence-corrected chi connectivity index (χ0v) is 9.32. The Labute approximate surface area is 85.8 Å². The molecule has 1 amide bonds. The molecule has 1 aliphatic heterocycles. The summed E-state index contributed by atoms with van der Waals surface area (Å²) in [6, 6.07) is 0. The first kappa shape index (κ1) is 11.5. The van der Waals surface area contributed by atoms with Crippen molar-refractivity contribution in [2.75, 3.05) is 40.8 Å². The summed E-state index contributed by atoms with van der Waals surface area (Å²) < 4.78 is 5.50. The van der Waals surface area contributed by atoms with Gasteiger partial charge in [0.2, 0.25) is 5.91 Å². The molecule has 1 fully saturated rings. The smallest absolute Gasteiger partial charge is 0.236 e. The van der Waals surface area contributed by atoms with Gasteiger partial charge >= 0.3 is 0 Å². The normalized spacial score (nSPS) is 21.6. The van der Waals surface area contributed by atoms with E-state index in [4.69, 9.17) is 4.74 Å². The van der Waals surface area contributed by atoms with Gasteiger partial charge in [0.25, 0.3) is 0 Å². The van der Waals surface area contributed by atoms with Crippen LogP contribution >= 0.6 is 0 Å². The number of amides is 1. The molecule has 0 aromatic rings. The van der Waals surface area contributed by atoms with Crippen LogP contribution in [0.3, 0.4) is 0 Å². The van der Waals surface area contributed by atoms with Crippen LogP contribution in [0.15, 0.2) is 0 Å². The Bertz CT molecular complexity index is 189. The molecule has 0 aliphatic carbocycles. The zero-order chi connectivity index (χ0) is 10.6. The Balaban J connectivity index is 2.20. The van der Waals surface area contributed by atoms with Gasteiger partial charge in [0.1, 0.15) is 0 Å². The second-order valence-electron chi connectivity index (χ2n) is 4.12. The van der Waals surface area contributed by atoms with Gasteiger partial charge < -0.3 is 9.64 Å². The van der Waals surface area contributed by atoms with Crippen molar-refractivity contribution in [3.05, 3.63) is 0 Å². The number of hydrogen-bond acceptors (Lipinski definition) is 3. The van der Waals surface area contributed by atoms with Crippen LogP contribution in [0, 0.1) is 0 Å². The Morgan fingerprint density at radius 2 is 2.14 bits per heavy atom. The van der Waals surface area contributed by atoms with Gasteiger partial charge in [-0.3, -0.25) is 9.69 Å². The highest BCUT2D eigenvalue weighted by atomic mass is 16.5. The SMILES string of the molecule is CN(CC(=O)N(C)C)CC1CCCO1. The van der Waals surface area contributed by atoms with E-state index in [0.717, 1.165) is 26.0 Å². The van der Waals surface area contributed by atoms with Crippen molar-refractivity contribution in [1.29, 1.82) is 0 Å². The lowest BCUT2D eigenvalue weighted by molar-refractivity contribution is -0.129. The van der Waals surface area contributed by atoms with Crippen molar-refractivity contribution >= 4 is 5.91 Å². The summed E-state index contributed by atoms with van der Waals surface area (Å²) >= 11 is 0. The van der Waals surface area contributed by atoms with Gasteiger partial charge in [-0.2, -0.15) is 0 Å². The first-order valence-corrected chi connectivity index (χ1v) is 5.10. The van der Waals surface area contributed by atoms with E-state index in [2.05, 4.69) is 0 Å². The van der Waals surface area contributed by atoms with Crippen LogP contribution in [-0.2, 0) is 9.53 Å². The number of ether oxygens (including phenoxy) is 1. The molecule has 0 bridgehead atoms. The zero-order valence-electron chi connectivity index (χ0n) is 9.32. The third-order valence-corrected chi connectivity index (χ3v) is 2.44. The van der Waals surface area contributed by atoms with Crippen molar-refractivity contribution in [3.8, 4) is 0 Å². The van der Waals surface area contributed by atoms with E-state index in [1.54, 1.807) is 19.0 Å². The minimum Gasteiger partial charge on any atom is -0.377 e. The molecular weight excluding hydrogens is 180 g/mol. The van der Waals surface area contributed by atoms with E-state index in [9.17, 15) is 4.79 Å². The summed E-state index contributed by atoms with van der Waals surface area (Å²) in [5.74, 6) is 0.144. The average molecular weight is 200 g/mol.